The van der Waals surface area contributed by atoms with E-state index in [0.717, 1.165) is 16.0 Å². The third-order valence-electron chi connectivity index (χ3n) is 5.79. The van der Waals surface area contributed by atoms with E-state index in [9.17, 15) is 14.4 Å². The Hall–Kier alpha value is -3.65. The normalized spacial score (nSPS) is 15.2. The number of methoxy groups -OCH3 is 2. The fraction of sp³-hybridized carbons (Fsp3) is 0.269. The monoisotopic (exact) mass is 479 g/mol. The first kappa shape index (κ1) is 23.5. The van der Waals surface area contributed by atoms with Gasteiger partial charge in [-0.05, 0) is 48.6 Å². The maximum atomic E-state index is 12.9. The summed E-state index contributed by atoms with van der Waals surface area (Å²) in [5.41, 5.74) is 2.93. The molecule has 4 rings (SSSR count). The highest BCUT2D eigenvalue weighted by Crippen LogP contribution is 2.46. The number of carbonyl (C=O) groups is 3. The first-order valence-corrected chi connectivity index (χ1v) is 11.7. The van der Waals surface area contributed by atoms with E-state index < -0.39 is 29.9 Å². The summed E-state index contributed by atoms with van der Waals surface area (Å²) >= 11 is 1.28. The highest BCUT2D eigenvalue weighted by molar-refractivity contribution is 7.17. The maximum Gasteiger partial charge on any atom is 0.341 e. The van der Waals surface area contributed by atoms with Crippen molar-refractivity contribution < 1.29 is 28.6 Å². The van der Waals surface area contributed by atoms with Crippen molar-refractivity contribution >= 4 is 34.2 Å². The molecule has 2 atom stereocenters. The lowest BCUT2D eigenvalue weighted by atomic mass is 9.99. The van der Waals surface area contributed by atoms with E-state index in [1.54, 1.807) is 6.92 Å². The number of aryl methyl sites for hydroxylation is 1. The Morgan fingerprint density at radius 3 is 2.29 bits per heavy atom. The molecule has 1 N–H and O–H groups in total. The molecule has 2 unspecified atom stereocenters. The molecule has 1 heterocycles. The summed E-state index contributed by atoms with van der Waals surface area (Å²) in [6, 6.07) is 17.4. The standard InChI is InChI=1S/C26H25NO6S/c1-15(33-18-11-9-17(10-12-18)16-7-5-4-6-8-16)23(28)27-24-22(26(30)32-3)21-19(25(29)31-2)13-14-20(21)34-24/h4-12,15,19H,13-14H2,1-3H3,(H,27,28). The van der Waals surface area contributed by atoms with Crippen molar-refractivity contribution in [1.82, 2.24) is 0 Å². The average Bonchev–Trinajstić information content (AvgIpc) is 3.42. The number of benzene rings is 2. The molecule has 0 fully saturated rings. The second-order valence-electron chi connectivity index (χ2n) is 7.89. The third-order valence-corrected chi connectivity index (χ3v) is 6.97. The van der Waals surface area contributed by atoms with Gasteiger partial charge in [0.05, 0.1) is 25.7 Å². The van der Waals surface area contributed by atoms with Gasteiger partial charge in [0.25, 0.3) is 5.91 Å². The summed E-state index contributed by atoms with van der Waals surface area (Å²) in [6.45, 7) is 1.64. The molecule has 1 amide bonds. The van der Waals surface area contributed by atoms with Gasteiger partial charge in [-0.3, -0.25) is 9.59 Å². The van der Waals surface area contributed by atoms with Crippen LogP contribution >= 0.6 is 11.3 Å². The minimum Gasteiger partial charge on any atom is -0.481 e. The van der Waals surface area contributed by atoms with Crippen LogP contribution in [0.1, 0.15) is 40.1 Å². The Kier molecular flexibility index (Phi) is 6.98. The van der Waals surface area contributed by atoms with Gasteiger partial charge in [0.2, 0.25) is 0 Å². The van der Waals surface area contributed by atoms with Gasteiger partial charge in [-0.1, -0.05) is 42.5 Å². The van der Waals surface area contributed by atoms with Crippen molar-refractivity contribution in [3.63, 3.8) is 0 Å². The Morgan fingerprint density at radius 1 is 0.971 bits per heavy atom. The molecule has 176 valence electrons. The van der Waals surface area contributed by atoms with Gasteiger partial charge in [0.1, 0.15) is 10.8 Å². The molecule has 0 spiro atoms. The SMILES string of the molecule is COC(=O)c1c(NC(=O)C(C)Oc2ccc(-c3ccccc3)cc2)sc2c1C(C(=O)OC)CC2. The number of rotatable bonds is 7. The highest BCUT2D eigenvalue weighted by atomic mass is 32.1. The molecule has 3 aromatic rings. The number of fused-ring (bicyclic) bond motifs is 1. The fourth-order valence-electron chi connectivity index (χ4n) is 4.06. The lowest BCUT2D eigenvalue weighted by Crippen LogP contribution is -2.30. The molecule has 2 aromatic carbocycles. The zero-order valence-electron chi connectivity index (χ0n) is 19.1. The van der Waals surface area contributed by atoms with E-state index in [1.165, 1.54) is 25.6 Å². The van der Waals surface area contributed by atoms with E-state index in [4.69, 9.17) is 14.2 Å². The molecular weight excluding hydrogens is 454 g/mol. The van der Waals surface area contributed by atoms with Crippen molar-refractivity contribution in [3.05, 3.63) is 70.6 Å². The third kappa shape index (κ3) is 4.68. The van der Waals surface area contributed by atoms with E-state index in [1.807, 2.05) is 54.6 Å². The number of hydrogen-bond donors (Lipinski definition) is 1. The van der Waals surface area contributed by atoms with Crippen LogP contribution in [0.3, 0.4) is 0 Å². The first-order chi connectivity index (χ1) is 16.4. The summed E-state index contributed by atoms with van der Waals surface area (Å²) in [5.74, 6) is -1.42. The number of thiophene rings is 1. The van der Waals surface area contributed by atoms with E-state index in [0.29, 0.717) is 29.2 Å². The van der Waals surface area contributed by atoms with Crippen molar-refractivity contribution in [2.45, 2.75) is 31.8 Å². The maximum absolute atomic E-state index is 12.9. The lowest BCUT2D eigenvalue weighted by molar-refractivity contribution is -0.142. The number of nitrogens with one attached hydrogen (secondary N) is 1. The van der Waals surface area contributed by atoms with Gasteiger partial charge < -0.3 is 19.5 Å². The van der Waals surface area contributed by atoms with Gasteiger partial charge in [-0.15, -0.1) is 11.3 Å². The lowest BCUT2D eigenvalue weighted by Gasteiger charge is -2.16. The Morgan fingerprint density at radius 2 is 1.65 bits per heavy atom. The molecule has 1 aromatic heterocycles. The molecular formula is C26H25NO6S. The number of carbonyl (C=O) groups excluding carboxylic acids is 3. The number of anilines is 1. The van der Waals surface area contributed by atoms with Crippen molar-refractivity contribution in [2.24, 2.45) is 0 Å². The molecule has 0 saturated carbocycles. The number of hydrogen-bond acceptors (Lipinski definition) is 7. The van der Waals surface area contributed by atoms with Crippen LogP contribution in [0.2, 0.25) is 0 Å². The molecule has 1 aliphatic carbocycles. The fourth-order valence-corrected chi connectivity index (χ4v) is 5.33. The Balaban J connectivity index is 1.49. The van der Waals surface area contributed by atoms with Gasteiger partial charge in [0, 0.05) is 4.88 Å². The summed E-state index contributed by atoms with van der Waals surface area (Å²) in [4.78, 5) is 38.5. The van der Waals surface area contributed by atoms with Gasteiger partial charge in [-0.2, -0.15) is 0 Å². The Labute approximate surface area is 201 Å². The van der Waals surface area contributed by atoms with E-state index >= 15 is 0 Å². The molecule has 8 heteroatoms. The van der Waals surface area contributed by atoms with Gasteiger partial charge >= 0.3 is 11.9 Å². The second-order valence-corrected chi connectivity index (χ2v) is 8.99. The van der Waals surface area contributed by atoms with Crippen LogP contribution in [-0.4, -0.2) is 38.2 Å². The van der Waals surface area contributed by atoms with Crippen LogP contribution in [0.4, 0.5) is 5.00 Å². The predicted octanol–water partition coefficient (Wildman–Crippen LogP) is 4.81. The highest BCUT2D eigenvalue weighted by Gasteiger charge is 2.38. The summed E-state index contributed by atoms with van der Waals surface area (Å²) in [5, 5.41) is 3.14. The molecule has 7 nitrogen and oxygen atoms in total. The molecule has 1 aliphatic rings. The molecule has 0 bridgehead atoms. The smallest absolute Gasteiger partial charge is 0.341 e. The number of amides is 1. The summed E-state index contributed by atoms with van der Waals surface area (Å²) < 4.78 is 15.7. The average molecular weight is 480 g/mol. The zero-order valence-corrected chi connectivity index (χ0v) is 19.9. The van der Waals surface area contributed by atoms with E-state index in [-0.39, 0.29) is 5.56 Å². The molecule has 34 heavy (non-hydrogen) atoms. The van der Waals surface area contributed by atoms with Crippen LogP contribution in [0.5, 0.6) is 5.75 Å². The summed E-state index contributed by atoms with van der Waals surface area (Å²) in [6.07, 6.45) is 0.366. The van der Waals surface area contributed by atoms with Crippen molar-refractivity contribution in [1.29, 1.82) is 0 Å². The summed E-state index contributed by atoms with van der Waals surface area (Å²) in [7, 11) is 2.59. The second kappa shape index (κ2) is 10.1. The number of ether oxygens (including phenoxy) is 3. The van der Waals surface area contributed by atoms with Crippen LogP contribution in [0, 0.1) is 0 Å². The van der Waals surface area contributed by atoms with Crippen LogP contribution < -0.4 is 10.1 Å². The van der Waals surface area contributed by atoms with Crippen molar-refractivity contribution in [2.75, 3.05) is 19.5 Å². The Bertz CT molecular complexity index is 1200. The minimum atomic E-state index is -0.818. The molecule has 0 aliphatic heterocycles. The zero-order chi connectivity index (χ0) is 24.2. The quantitative estimate of drug-likeness (QED) is 0.489. The van der Waals surface area contributed by atoms with Crippen LogP contribution in [0.25, 0.3) is 11.1 Å². The minimum absolute atomic E-state index is 0.211. The van der Waals surface area contributed by atoms with Crippen LogP contribution in [0.15, 0.2) is 54.6 Å². The van der Waals surface area contributed by atoms with Crippen LogP contribution in [-0.2, 0) is 25.5 Å². The number of esters is 2. The first-order valence-electron chi connectivity index (χ1n) is 10.9. The predicted molar refractivity (Wildman–Crippen MR) is 129 cm³/mol. The topological polar surface area (TPSA) is 90.9 Å². The van der Waals surface area contributed by atoms with E-state index in [2.05, 4.69) is 5.32 Å². The largest absolute Gasteiger partial charge is 0.481 e. The molecule has 0 saturated heterocycles. The van der Waals surface area contributed by atoms with Crippen molar-refractivity contribution in [3.8, 4) is 16.9 Å². The van der Waals surface area contributed by atoms with Gasteiger partial charge in [-0.25, -0.2) is 4.79 Å². The van der Waals surface area contributed by atoms with Gasteiger partial charge in [0.15, 0.2) is 6.10 Å². The molecule has 0 radical (unpaired) electrons.